The van der Waals surface area contributed by atoms with Gasteiger partial charge in [0.15, 0.2) is 0 Å². The first-order valence-electron chi connectivity index (χ1n) is 2.54. The van der Waals surface area contributed by atoms with Gasteiger partial charge in [0, 0.05) is 0 Å². The molecule has 0 saturated carbocycles. The number of hydrogen-bond acceptors (Lipinski definition) is 3. The Morgan fingerprint density at radius 3 is 2.50 bits per heavy atom. The van der Waals surface area contributed by atoms with E-state index in [-0.39, 0.29) is 0 Å². The van der Waals surface area contributed by atoms with Gasteiger partial charge < -0.3 is 0 Å². The lowest BCUT2D eigenvalue weighted by Gasteiger charge is -1.80. The van der Waals surface area contributed by atoms with Crippen LogP contribution in [0.2, 0.25) is 0 Å². The lowest BCUT2D eigenvalue weighted by molar-refractivity contribution is 0.619. The number of unbranched alkanes of at least 4 members (excludes halogenated alkanes) is 1. The Labute approximate surface area is 50.4 Å². The Balaban J connectivity index is 3.31. The van der Waals surface area contributed by atoms with Gasteiger partial charge in [-0.2, -0.15) is 12.8 Å². The van der Waals surface area contributed by atoms with Crippen LogP contribution in [-0.2, 0) is 10.5 Å². The molecule has 8 heavy (non-hydrogen) atoms. The molecule has 0 aromatic carbocycles. The highest BCUT2D eigenvalue weighted by molar-refractivity contribution is 7.61. The van der Waals surface area contributed by atoms with E-state index in [0.717, 1.165) is 12.8 Å². The minimum absolute atomic E-state index is 0.437. The highest BCUT2D eigenvalue weighted by atomic mass is 32.2. The van der Waals surface area contributed by atoms with Gasteiger partial charge in [-0.25, -0.2) is 0 Å². The number of rotatable bonds is 3. The van der Waals surface area contributed by atoms with Crippen molar-refractivity contribution >= 4 is 10.5 Å². The van der Waals surface area contributed by atoms with Crippen molar-refractivity contribution in [1.82, 2.24) is 0 Å². The second kappa shape index (κ2) is 4.77. The summed E-state index contributed by atoms with van der Waals surface area (Å²) >= 11 is 0. The van der Waals surface area contributed by atoms with Gasteiger partial charge in [-0.3, -0.25) is 0 Å². The zero-order chi connectivity index (χ0) is 6.41. The molecule has 0 atom stereocenters. The Morgan fingerprint density at radius 2 is 2.12 bits per heavy atom. The first kappa shape index (κ1) is 7.62. The summed E-state index contributed by atoms with van der Waals surface area (Å²) in [7, 11) is -2.19. The summed E-state index contributed by atoms with van der Waals surface area (Å²) in [4.78, 5) is 0. The fourth-order valence-electron chi connectivity index (χ4n) is 0.297. The zero-order valence-corrected chi connectivity index (χ0v) is 5.61. The third-order valence-electron chi connectivity index (χ3n) is 0.708. The zero-order valence-electron chi connectivity index (χ0n) is 4.79. The van der Waals surface area contributed by atoms with Crippen molar-refractivity contribution in [2.24, 2.45) is 4.36 Å². The Hall–Kier alpha value is -0.380. The molecule has 0 rings (SSSR count). The molecule has 0 aliphatic heterocycles. The molecule has 0 aromatic heterocycles. The fraction of sp³-hybridized carbons (Fsp3) is 1.00. The largest absolute Gasteiger partial charge is 0.311 e. The smallest absolute Gasteiger partial charge is 0.172 e. The van der Waals surface area contributed by atoms with Gasteiger partial charge in [0.1, 0.15) is 0 Å². The van der Waals surface area contributed by atoms with E-state index in [4.69, 9.17) is 0 Å². The van der Waals surface area contributed by atoms with Crippen LogP contribution in [0.1, 0.15) is 19.8 Å². The Morgan fingerprint density at radius 1 is 1.50 bits per heavy atom. The summed E-state index contributed by atoms with van der Waals surface area (Å²) in [6, 6.07) is 0. The monoisotopic (exact) mass is 135 g/mol. The van der Waals surface area contributed by atoms with Crippen LogP contribution < -0.4 is 0 Å². The topological polar surface area (TPSA) is 46.5 Å². The van der Waals surface area contributed by atoms with Gasteiger partial charge in [-0.1, -0.05) is 13.3 Å². The molecule has 0 aromatic rings. The van der Waals surface area contributed by atoms with E-state index in [1.165, 1.54) is 0 Å². The second-order valence-electron chi connectivity index (χ2n) is 1.42. The van der Waals surface area contributed by atoms with Crippen LogP contribution in [0.15, 0.2) is 4.36 Å². The fourth-order valence-corrected chi connectivity index (χ4v) is 0.575. The van der Waals surface area contributed by atoms with Crippen molar-refractivity contribution in [1.29, 1.82) is 0 Å². The van der Waals surface area contributed by atoms with E-state index in [1.807, 2.05) is 6.92 Å². The molecule has 0 unspecified atom stereocenters. The first-order valence-corrected chi connectivity index (χ1v) is 3.57. The molecule has 0 saturated heterocycles. The molecule has 0 N–H and O–H groups in total. The van der Waals surface area contributed by atoms with E-state index >= 15 is 0 Å². The second-order valence-corrected chi connectivity index (χ2v) is 2.12. The summed E-state index contributed by atoms with van der Waals surface area (Å²) in [5, 5.41) is 0. The molecule has 0 spiro atoms. The van der Waals surface area contributed by atoms with E-state index < -0.39 is 10.5 Å². The van der Waals surface area contributed by atoms with Gasteiger partial charge >= 0.3 is 10.5 Å². The number of hydrogen-bond donors (Lipinski definition) is 0. The lowest BCUT2D eigenvalue weighted by Crippen LogP contribution is -1.75. The molecular formula is C4H9NO2S. The average Bonchev–Trinajstić information content (AvgIpc) is 1.66. The van der Waals surface area contributed by atoms with Crippen molar-refractivity contribution < 1.29 is 8.42 Å². The van der Waals surface area contributed by atoms with Crippen LogP contribution in [0.4, 0.5) is 0 Å². The molecule has 0 bridgehead atoms. The highest BCUT2D eigenvalue weighted by Gasteiger charge is 1.77. The maximum absolute atomic E-state index is 9.71. The average molecular weight is 135 g/mol. The quantitative estimate of drug-likeness (QED) is 0.538. The van der Waals surface area contributed by atoms with Crippen LogP contribution in [-0.4, -0.2) is 15.0 Å². The predicted octanol–water partition coefficient (Wildman–Crippen LogP) is 0.849. The maximum atomic E-state index is 9.71. The van der Waals surface area contributed by atoms with Gasteiger partial charge in [-0.05, 0) is 6.42 Å². The molecule has 4 heteroatoms. The van der Waals surface area contributed by atoms with E-state index in [9.17, 15) is 8.42 Å². The van der Waals surface area contributed by atoms with Gasteiger partial charge in [0.2, 0.25) is 0 Å². The van der Waals surface area contributed by atoms with Crippen molar-refractivity contribution in [3.8, 4) is 0 Å². The SMILES string of the molecule is CCCCN=S(=O)=O. The van der Waals surface area contributed by atoms with Crippen LogP contribution in [0.5, 0.6) is 0 Å². The summed E-state index contributed by atoms with van der Waals surface area (Å²) in [6.45, 7) is 2.43. The van der Waals surface area contributed by atoms with E-state index in [1.54, 1.807) is 0 Å². The summed E-state index contributed by atoms with van der Waals surface area (Å²) in [6.07, 6.45) is 1.84. The number of nitrogens with zero attached hydrogens (tertiary/aromatic N) is 1. The van der Waals surface area contributed by atoms with Crippen LogP contribution in [0, 0.1) is 0 Å². The van der Waals surface area contributed by atoms with Crippen molar-refractivity contribution in [3.05, 3.63) is 0 Å². The molecule has 0 radical (unpaired) electrons. The normalized spacial score (nSPS) is 8.62. The van der Waals surface area contributed by atoms with E-state index in [0.29, 0.717) is 6.54 Å². The van der Waals surface area contributed by atoms with Crippen LogP contribution in [0.25, 0.3) is 0 Å². The lowest BCUT2D eigenvalue weighted by atomic mass is 10.3. The molecule has 0 heterocycles. The molecule has 0 fully saturated rings. The third-order valence-corrected chi connectivity index (χ3v) is 1.10. The molecule has 48 valence electrons. The Kier molecular flexibility index (Phi) is 4.54. The minimum Gasteiger partial charge on any atom is -0.172 e. The van der Waals surface area contributed by atoms with Gasteiger partial charge in [0.25, 0.3) is 0 Å². The summed E-state index contributed by atoms with van der Waals surface area (Å²) < 4.78 is 22.6. The molecule has 0 aliphatic carbocycles. The standard InChI is InChI=1S/C4H9NO2S/c1-2-3-4-5-8(6)7/h2-4H2,1H3. The van der Waals surface area contributed by atoms with Crippen molar-refractivity contribution in [2.75, 3.05) is 6.54 Å². The van der Waals surface area contributed by atoms with Crippen molar-refractivity contribution in [2.45, 2.75) is 19.8 Å². The Bertz CT molecular complexity index is 151. The van der Waals surface area contributed by atoms with E-state index in [2.05, 4.69) is 4.36 Å². The molecule has 0 amide bonds. The summed E-state index contributed by atoms with van der Waals surface area (Å²) in [5.74, 6) is 0. The third kappa shape index (κ3) is 5.62. The van der Waals surface area contributed by atoms with Crippen LogP contribution in [0.3, 0.4) is 0 Å². The molecular weight excluding hydrogens is 126 g/mol. The molecule has 0 aliphatic rings. The predicted molar refractivity (Wildman–Crippen MR) is 31.1 cm³/mol. The van der Waals surface area contributed by atoms with Gasteiger partial charge in [-0.15, -0.1) is 0 Å². The molecule has 3 nitrogen and oxygen atoms in total. The maximum Gasteiger partial charge on any atom is 0.311 e. The summed E-state index contributed by atoms with van der Waals surface area (Å²) in [5.41, 5.74) is 0. The van der Waals surface area contributed by atoms with Crippen molar-refractivity contribution in [3.63, 3.8) is 0 Å². The van der Waals surface area contributed by atoms with Crippen LogP contribution >= 0.6 is 0 Å². The minimum atomic E-state index is -2.19. The van der Waals surface area contributed by atoms with Gasteiger partial charge in [0.05, 0.1) is 6.54 Å². The first-order chi connectivity index (χ1) is 3.77. The highest BCUT2D eigenvalue weighted by Crippen LogP contribution is 1.84.